The van der Waals surface area contributed by atoms with Crippen LogP contribution >= 0.6 is 12.2 Å². The van der Waals surface area contributed by atoms with Gasteiger partial charge in [0, 0.05) is 38.1 Å². The maximum absolute atomic E-state index is 14.8. The molecule has 11 heteroatoms. The molecule has 2 aromatic rings. The fraction of sp³-hybridized carbons (Fsp3) is 0.385. The molecule has 0 aliphatic carbocycles. The lowest BCUT2D eigenvalue weighted by Gasteiger charge is -2.48. The predicted molar refractivity (Wildman–Crippen MR) is 131 cm³/mol. The molecule has 0 radical (unpaired) electrons. The van der Waals surface area contributed by atoms with Crippen LogP contribution in [-0.2, 0) is 15.7 Å². The highest BCUT2D eigenvalue weighted by atomic mass is 32.1. The Morgan fingerprint density at radius 1 is 1.30 bits per heavy atom. The smallest absolute Gasteiger partial charge is 0.378 e. The number of anilines is 1. The Hall–Kier alpha value is -3.36. The maximum atomic E-state index is 14.8. The SMILES string of the molecule is CNC(=O)c1ccc(N2C(=S)CC(C(C)c3ccc(C#N)c(C(F)(F)F)c3)C(=O)[C@]23CCOC3)cc1F. The number of Topliss-reactive ketones (excluding diaryl/α,β-unsaturated/α-hetero) is 1. The van der Waals surface area contributed by atoms with Gasteiger partial charge in [0.25, 0.3) is 5.91 Å². The van der Waals surface area contributed by atoms with E-state index in [9.17, 15) is 27.2 Å². The Bertz CT molecular complexity index is 1320. The summed E-state index contributed by atoms with van der Waals surface area (Å²) in [6.07, 6.45) is -4.42. The van der Waals surface area contributed by atoms with E-state index in [2.05, 4.69) is 5.32 Å². The van der Waals surface area contributed by atoms with Crippen LogP contribution in [0.4, 0.5) is 23.2 Å². The molecule has 37 heavy (non-hydrogen) atoms. The minimum Gasteiger partial charge on any atom is -0.378 e. The van der Waals surface area contributed by atoms with Crippen LogP contribution in [0.15, 0.2) is 36.4 Å². The first kappa shape index (κ1) is 26.7. The number of ether oxygens (including phenoxy) is 1. The Balaban J connectivity index is 1.73. The zero-order valence-electron chi connectivity index (χ0n) is 20.0. The van der Waals surface area contributed by atoms with Crippen molar-refractivity contribution >= 4 is 34.6 Å². The summed E-state index contributed by atoms with van der Waals surface area (Å²) in [5, 5.41) is 11.5. The molecule has 0 aromatic heterocycles. The molecule has 1 spiro atoms. The van der Waals surface area contributed by atoms with Crippen molar-refractivity contribution in [1.29, 1.82) is 5.26 Å². The van der Waals surface area contributed by atoms with Crippen molar-refractivity contribution in [3.63, 3.8) is 0 Å². The average Bonchev–Trinajstić information content (AvgIpc) is 3.34. The number of carbonyl (C=O) groups is 2. The van der Waals surface area contributed by atoms with Gasteiger partial charge in [-0.2, -0.15) is 18.4 Å². The van der Waals surface area contributed by atoms with E-state index in [0.717, 1.165) is 18.2 Å². The lowest BCUT2D eigenvalue weighted by molar-refractivity contribution is -0.137. The van der Waals surface area contributed by atoms with E-state index in [1.165, 1.54) is 25.2 Å². The minimum absolute atomic E-state index is 0.0187. The summed E-state index contributed by atoms with van der Waals surface area (Å²) < 4.78 is 61.0. The number of rotatable bonds is 4. The van der Waals surface area contributed by atoms with Gasteiger partial charge in [-0.3, -0.25) is 9.59 Å². The summed E-state index contributed by atoms with van der Waals surface area (Å²) in [5.41, 5.74) is -2.42. The largest absolute Gasteiger partial charge is 0.417 e. The van der Waals surface area contributed by atoms with Crippen LogP contribution < -0.4 is 10.2 Å². The van der Waals surface area contributed by atoms with E-state index in [1.807, 2.05) is 0 Å². The second kappa shape index (κ2) is 9.84. The Kier molecular flexibility index (Phi) is 7.10. The lowest BCUT2D eigenvalue weighted by atomic mass is 9.71. The predicted octanol–water partition coefficient (Wildman–Crippen LogP) is 4.76. The monoisotopic (exact) mass is 533 g/mol. The number of hydrogen-bond donors (Lipinski definition) is 1. The fourth-order valence-corrected chi connectivity index (χ4v) is 5.62. The molecule has 194 valence electrons. The van der Waals surface area contributed by atoms with Crippen LogP contribution in [-0.4, -0.2) is 42.5 Å². The van der Waals surface area contributed by atoms with Crippen LogP contribution in [0.3, 0.4) is 0 Å². The van der Waals surface area contributed by atoms with Crippen molar-refractivity contribution in [2.45, 2.75) is 37.4 Å². The van der Waals surface area contributed by atoms with Crippen molar-refractivity contribution in [3.8, 4) is 6.07 Å². The number of nitriles is 1. The highest BCUT2D eigenvalue weighted by Gasteiger charge is 2.55. The summed E-state index contributed by atoms with van der Waals surface area (Å²) in [7, 11) is 1.38. The summed E-state index contributed by atoms with van der Waals surface area (Å²) in [4.78, 5) is 27.8. The van der Waals surface area contributed by atoms with Gasteiger partial charge in [0.05, 0.1) is 34.4 Å². The van der Waals surface area contributed by atoms with Gasteiger partial charge >= 0.3 is 6.18 Å². The molecular weight excluding hydrogens is 510 g/mol. The third kappa shape index (κ3) is 4.60. The van der Waals surface area contributed by atoms with Crippen LogP contribution in [0, 0.1) is 23.1 Å². The van der Waals surface area contributed by atoms with E-state index < -0.39 is 46.4 Å². The summed E-state index contributed by atoms with van der Waals surface area (Å²) >= 11 is 5.69. The van der Waals surface area contributed by atoms with Crippen molar-refractivity contribution in [3.05, 3.63) is 64.5 Å². The highest BCUT2D eigenvalue weighted by Crippen LogP contribution is 2.45. The molecule has 2 unspecified atom stereocenters. The molecular formula is C26H23F4N3O3S. The molecule has 0 bridgehead atoms. The molecule has 2 saturated heterocycles. The van der Waals surface area contributed by atoms with Crippen LogP contribution in [0.25, 0.3) is 0 Å². The second-order valence-corrected chi connectivity index (χ2v) is 9.66. The molecule has 0 saturated carbocycles. The first-order valence-corrected chi connectivity index (χ1v) is 11.9. The van der Waals surface area contributed by atoms with Gasteiger partial charge in [0.2, 0.25) is 0 Å². The Labute approximate surface area is 216 Å². The van der Waals surface area contributed by atoms with E-state index in [-0.39, 0.29) is 48.7 Å². The van der Waals surface area contributed by atoms with Gasteiger partial charge < -0.3 is 15.0 Å². The number of nitrogens with one attached hydrogen (secondary N) is 1. The first-order chi connectivity index (χ1) is 17.4. The maximum Gasteiger partial charge on any atom is 0.417 e. The molecule has 2 aromatic carbocycles. The van der Waals surface area contributed by atoms with E-state index in [4.69, 9.17) is 22.2 Å². The van der Waals surface area contributed by atoms with Gasteiger partial charge in [-0.05, 0) is 41.8 Å². The topological polar surface area (TPSA) is 82.4 Å². The molecule has 6 nitrogen and oxygen atoms in total. The van der Waals surface area contributed by atoms with Gasteiger partial charge in [-0.15, -0.1) is 0 Å². The van der Waals surface area contributed by atoms with Crippen molar-refractivity contribution in [2.24, 2.45) is 5.92 Å². The number of nitrogens with zero attached hydrogens (tertiary/aromatic N) is 2. The molecule has 3 atom stereocenters. The second-order valence-electron chi connectivity index (χ2n) is 9.18. The molecule has 2 fully saturated rings. The van der Waals surface area contributed by atoms with Crippen molar-refractivity contribution in [1.82, 2.24) is 5.32 Å². The third-order valence-corrected chi connectivity index (χ3v) is 7.50. The molecule has 1 N–H and O–H groups in total. The van der Waals surface area contributed by atoms with E-state index >= 15 is 0 Å². The zero-order chi connectivity index (χ0) is 27.1. The number of halogens is 4. The number of hydrogen-bond acceptors (Lipinski definition) is 5. The number of ketones is 1. The van der Waals surface area contributed by atoms with Gasteiger partial charge in [-0.25, -0.2) is 4.39 Å². The third-order valence-electron chi connectivity index (χ3n) is 7.15. The zero-order valence-corrected chi connectivity index (χ0v) is 20.8. The lowest BCUT2D eigenvalue weighted by Crippen LogP contribution is -2.64. The number of carbonyl (C=O) groups excluding carboxylic acids is 2. The average molecular weight is 534 g/mol. The standard InChI is InChI=1S/C26H23F4N3O3S/c1-14(15-3-4-16(12-31)20(9-15)26(28,29)30)19-11-22(37)33(25(23(19)34)7-8-36-13-25)17-5-6-18(21(27)10-17)24(35)32-2/h3-6,9-10,14,19H,7-8,11,13H2,1-2H3,(H,32,35)/t14?,19?,25-/m1/s1. The van der Waals surface area contributed by atoms with Gasteiger partial charge in [0.15, 0.2) is 5.78 Å². The molecule has 2 aliphatic heterocycles. The Morgan fingerprint density at radius 2 is 2.03 bits per heavy atom. The minimum atomic E-state index is -4.73. The van der Waals surface area contributed by atoms with Crippen molar-refractivity contribution in [2.75, 3.05) is 25.2 Å². The number of amides is 1. The van der Waals surface area contributed by atoms with Gasteiger partial charge in [0.1, 0.15) is 11.4 Å². The molecule has 1 amide bonds. The number of thiocarbonyl (C=S) groups is 1. The molecule has 2 heterocycles. The summed E-state index contributed by atoms with van der Waals surface area (Å²) in [6, 6.07) is 8.96. The highest BCUT2D eigenvalue weighted by molar-refractivity contribution is 7.80. The summed E-state index contributed by atoms with van der Waals surface area (Å²) in [6.45, 7) is 1.89. The first-order valence-electron chi connectivity index (χ1n) is 11.5. The normalized spacial score (nSPS) is 22.7. The Morgan fingerprint density at radius 3 is 2.59 bits per heavy atom. The van der Waals surface area contributed by atoms with E-state index in [0.29, 0.717) is 4.99 Å². The van der Waals surface area contributed by atoms with Crippen LogP contribution in [0.1, 0.15) is 52.7 Å². The van der Waals surface area contributed by atoms with E-state index in [1.54, 1.807) is 17.9 Å². The summed E-state index contributed by atoms with van der Waals surface area (Å²) in [5.74, 6) is -3.05. The van der Waals surface area contributed by atoms with Crippen molar-refractivity contribution < 1.29 is 31.9 Å². The number of piperidine rings is 1. The van der Waals surface area contributed by atoms with Crippen LogP contribution in [0.2, 0.25) is 0 Å². The quantitative estimate of drug-likeness (QED) is 0.451. The van der Waals surface area contributed by atoms with Crippen LogP contribution in [0.5, 0.6) is 0 Å². The molecule has 2 aliphatic rings. The van der Waals surface area contributed by atoms with Gasteiger partial charge in [-0.1, -0.05) is 25.2 Å². The number of alkyl halides is 3. The molecule has 4 rings (SSSR count). The number of benzene rings is 2. The fourth-order valence-electron chi connectivity index (χ4n) is 5.16.